The second-order valence-corrected chi connectivity index (χ2v) is 11.0. The molecule has 1 unspecified atom stereocenters. The smallest absolute Gasteiger partial charge is 0.158 e. The molecule has 0 radical (unpaired) electrons. The third kappa shape index (κ3) is 4.37. The Morgan fingerprint density at radius 2 is 1.79 bits per heavy atom. The average Bonchev–Trinajstić information content (AvgIpc) is 3.26. The van der Waals surface area contributed by atoms with Crippen LogP contribution in [0.2, 0.25) is 0 Å². The Hall–Kier alpha value is -3.05. The second kappa shape index (κ2) is 9.30. The topological polar surface area (TPSA) is 50.2 Å². The number of benzene rings is 2. The van der Waals surface area contributed by atoms with E-state index in [4.69, 9.17) is 5.10 Å². The minimum Gasteiger partial charge on any atom is -0.260 e. The van der Waals surface area contributed by atoms with E-state index in [1.54, 1.807) is 6.33 Å². The SMILES string of the molecule is CCC(C)(C)C1CCc2sc3ncnc(N/N=C(\C)c4ccc(-c5ccccc5)cc4)c3c2C1. The summed E-state index contributed by atoms with van der Waals surface area (Å²) in [5.41, 5.74) is 9.50. The van der Waals surface area contributed by atoms with Crippen molar-refractivity contribution in [2.45, 2.75) is 53.4 Å². The summed E-state index contributed by atoms with van der Waals surface area (Å²) in [6, 6.07) is 19.0. The van der Waals surface area contributed by atoms with Gasteiger partial charge in [0.05, 0.1) is 11.1 Å². The summed E-state index contributed by atoms with van der Waals surface area (Å²) < 4.78 is 0. The molecule has 4 aromatic rings. The Kier molecular flexibility index (Phi) is 6.22. The summed E-state index contributed by atoms with van der Waals surface area (Å²) in [6.45, 7) is 9.15. The highest BCUT2D eigenvalue weighted by Gasteiger charge is 2.33. The molecule has 4 nitrogen and oxygen atoms in total. The van der Waals surface area contributed by atoms with Gasteiger partial charge in [-0.15, -0.1) is 11.3 Å². The van der Waals surface area contributed by atoms with Gasteiger partial charge < -0.3 is 0 Å². The number of aromatic nitrogens is 2. The van der Waals surface area contributed by atoms with Gasteiger partial charge >= 0.3 is 0 Å². The highest BCUT2D eigenvalue weighted by Crippen LogP contribution is 2.45. The summed E-state index contributed by atoms with van der Waals surface area (Å²) in [6.07, 6.45) is 6.34. The molecule has 2 aromatic heterocycles. The van der Waals surface area contributed by atoms with Gasteiger partial charge in [-0.3, -0.25) is 5.43 Å². The van der Waals surface area contributed by atoms with Crippen molar-refractivity contribution < 1.29 is 0 Å². The molecule has 1 N–H and O–H groups in total. The molecule has 0 bridgehead atoms. The molecule has 2 aromatic carbocycles. The average molecular weight is 469 g/mol. The molecule has 2 heterocycles. The highest BCUT2D eigenvalue weighted by atomic mass is 32.1. The fourth-order valence-corrected chi connectivity index (χ4v) is 6.07. The summed E-state index contributed by atoms with van der Waals surface area (Å²) >= 11 is 1.82. The van der Waals surface area contributed by atoms with E-state index in [0.29, 0.717) is 11.3 Å². The Morgan fingerprint density at radius 1 is 1.06 bits per heavy atom. The van der Waals surface area contributed by atoms with Crippen LogP contribution in [-0.2, 0) is 12.8 Å². The predicted octanol–water partition coefficient (Wildman–Crippen LogP) is 7.74. The number of rotatable bonds is 6. The van der Waals surface area contributed by atoms with E-state index in [-0.39, 0.29) is 0 Å². The first kappa shape index (κ1) is 22.7. The van der Waals surface area contributed by atoms with Gasteiger partial charge in [-0.2, -0.15) is 5.10 Å². The van der Waals surface area contributed by atoms with Crippen LogP contribution in [0.4, 0.5) is 5.82 Å². The number of fused-ring (bicyclic) bond motifs is 3. The van der Waals surface area contributed by atoms with Crippen LogP contribution in [0.25, 0.3) is 21.3 Å². The molecule has 0 spiro atoms. The molecular formula is C29H32N4S. The zero-order chi connectivity index (χ0) is 23.7. The predicted molar refractivity (Wildman–Crippen MR) is 145 cm³/mol. The van der Waals surface area contributed by atoms with Crippen LogP contribution in [0.3, 0.4) is 0 Å². The standard InChI is InChI=1S/C29H32N4S/c1-5-29(3,4)23-15-16-25-24(17-23)26-27(30-18-31-28(26)34-25)33-32-19(2)20-11-13-22(14-12-20)21-9-7-6-8-10-21/h6-14,18,23H,5,15-17H2,1-4H3,(H,30,31,33)/b32-19+. The first-order valence-electron chi connectivity index (χ1n) is 12.2. The molecule has 0 saturated heterocycles. The third-order valence-electron chi connectivity index (χ3n) is 7.60. The quantitative estimate of drug-likeness (QED) is 0.233. The minimum atomic E-state index is 0.343. The van der Waals surface area contributed by atoms with E-state index in [2.05, 4.69) is 84.7 Å². The largest absolute Gasteiger partial charge is 0.260 e. The molecule has 5 heteroatoms. The fourth-order valence-electron chi connectivity index (χ4n) is 4.88. The van der Waals surface area contributed by atoms with Crippen LogP contribution in [0, 0.1) is 11.3 Å². The molecule has 0 fully saturated rings. The van der Waals surface area contributed by atoms with E-state index in [9.17, 15) is 0 Å². The zero-order valence-corrected chi connectivity index (χ0v) is 21.2. The van der Waals surface area contributed by atoms with E-state index in [1.165, 1.54) is 34.4 Å². The van der Waals surface area contributed by atoms with Crippen molar-refractivity contribution in [1.82, 2.24) is 9.97 Å². The normalized spacial score (nSPS) is 16.5. The summed E-state index contributed by atoms with van der Waals surface area (Å²) in [4.78, 5) is 11.7. The molecule has 0 aliphatic heterocycles. The lowest BCUT2D eigenvalue weighted by Gasteiger charge is -2.36. The number of thiophene rings is 1. The van der Waals surface area contributed by atoms with Crippen LogP contribution >= 0.6 is 11.3 Å². The monoisotopic (exact) mass is 468 g/mol. The van der Waals surface area contributed by atoms with Gasteiger partial charge in [-0.25, -0.2) is 9.97 Å². The lowest BCUT2D eigenvalue weighted by Crippen LogP contribution is -2.28. The maximum atomic E-state index is 4.71. The maximum absolute atomic E-state index is 4.71. The summed E-state index contributed by atoms with van der Waals surface area (Å²) in [7, 11) is 0. The molecule has 174 valence electrons. The molecule has 1 aliphatic carbocycles. The van der Waals surface area contributed by atoms with Crippen LogP contribution in [-0.4, -0.2) is 15.7 Å². The van der Waals surface area contributed by atoms with Crippen molar-refractivity contribution >= 4 is 33.1 Å². The van der Waals surface area contributed by atoms with Crippen molar-refractivity contribution in [1.29, 1.82) is 0 Å². The number of hydrogen-bond donors (Lipinski definition) is 1. The number of hydrazone groups is 1. The molecule has 0 saturated carbocycles. The maximum Gasteiger partial charge on any atom is 0.158 e. The summed E-state index contributed by atoms with van der Waals surface area (Å²) in [5, 5.41) is 5.87. The van der Waals surface area contributed by atoms with E-state index in [0.717, 1.165) is 40.2 Å². The number of anilines is 1. The highest BCUT2D eigenvalue weighted by molar-refractivity contribution is 7.19. The van der Waals surface area contributed by atoms with E-state index in [1.807, 2.05) is 24.3 Å². The Morgan fingerprint density at radius 3 is 2.53 bits per heavy atom. The van der Waals surface area contributed by atoms with Crippen LogP contribution in [0.15, 0.2) is 66.0 Å². The fraction of sp³-hybridized carbons (Fsp3) is 0.345. The van der Waals surface area contributed by atoms with Gasteiger partial charge in [-0.1, -0.05) is 81.8 Å². The van der Waals surface area contributed by atoms with Crippen LogP contribution < -0.4 is 5.43 Å². The summed E-state index contributed by atoms with van der Waals surface area (Å²) in [5.74, 6) is 1.50. The van der Waals surface area contributed by atoms with Crippen molar-refractivity contribution in [3.05, 3.63) is 76.9 Å². The van der Waals surface area contributed by atoms with E-state index >= 15 is 0 Å². The van der Waals surface area contributed by atoms with Gasteiger partial charge in [0.15, 0.2) is 5.82 Å². The van der Waals surface area contributed by atoms with Crippen LogP contribution in [0.5, 0.6) is 0 Å². The Bertz CT molecular complexity index is 1320. The zero-order valence-electron chi connectivity index (χ0n) is 20.4. The number of nitrogens with one attached hydrogen (secondary N) is 1. The van der Waals surface area contributed by atoms with E-state index < -0.39 is 0 Å². The molecule has 34 heavy (non-hydrogen) atoms. The molecule has 0 amide bonds. The Balaban J connectivity index is 1.41. The molecular weight excluding hydrogens is 436 g/mol. The minimum absolute atomic E-state index is 0.343. The van der Waals surface area contributed by atoms with Gasteiger partial charge in [-0.05, 0) is 59.8 Å². The van der Waals surface area contributed by atoms with Crippen molar-refractivity contribution in [3.63, 3.8) is 0 Å². The number of nitrogens with zero attached hydrogens (tertiary/aromatic N) is 3. The molecule has 1 atom stereocenters. The lowest BCUT2D eigenvalue weighted by atomic mass is 9.69. The molecule has 1 aliphatic rings. The lowest BCUT2D eigenvalue weighted by molar-refractivity contribution is 0.184. The van der Waals surface area contributed by atoms with Crippen molar-refractivity contribution in [3.8, 4) is 11.1 Å². The van der Waals surface area contributed by atoms with Gasteiger partial charge in [0.1, 0.15) is 11.2 Å². The first-order valence-corrected chi connectivity index (χ1v) is 13.0. The number of hydrogen-bond acceptors (Lipinski definition) is 5. The Labute approximate surface area is 206 Å². The molecule has 5 rings (SSSR count). The van der Waals surface area contributed by atoms with Crippen molar-refractivity contribution in [2.75, 3.05) is 5.43 Å². The van der Waals surface area contributed by atoms with Gasteiger partial charge in [0.25, 0.3) is 0 Å². The number of aryl methyl sites for hydroxylation is 1. The third-order valence-corrected chi connectivity index (χ3v) is 8.80. The second-order valence-electron chi connectivity index (χ2n) is 9.94. The first-order chi connectivity index (χ1) is 16.5. The van der Waals surface area contributed by atoms with Crippen LogP contribution in [0.1, 0.15) is 56.5 Å². The van der Waals surface area contributed by atoms with Gasteiger partial charge in [0, 0.05) is 4.88 Å². The van der Waals surface area contributed by atoms with Crippen molar-refractivity contribution in [2.24, 2.45) is 16.4 Å². The van der Waals surface area contributed by atoms with Gasteiger partial charge in [0.2, 0.25) is 0 Å².